The molecule has 1 aliphatic rings. The molecule has 1 fully saturated rings. The summed E-state index contributed by atoms with van der Waals surface area (Å²) in [6.45, 7) is 1.25. The quantitative estimate of drug-likeness (QED) is 0.786. The second-order valence-corrected chi connectivity index (χ2v) is 6.53. The predicted molar refractivity (Wildman–Crippen MR) is 64.5 cm³/mol. The van der Waals surface area contributed by atoms with Crippen LogP contribution in [-0.4, -0.2) is 30.8 Å². The van der Waals surface area contributed by atoms with Gasteiger partial charge in [0.05, 0.1) is 0 Å². The van der Waals surface area contributed by atoms with E-state index in [-0.39, 0.29) is 4.90 Å². The first kappa shape index (κ1) is 12.0. The van der Waals surface area contributed by atoms with Crippen molar-refractivity contribution in [3.63, 3.8) is 0 Å². The number of pyridine rings is 1. The molecule has 4 nitrogen and oxygen atoms in total. The van der Waals surface area contributed by atoms with Crippen LogP contribution >= 0.6 is 15.9 Å². The lowest BCUT2D eigenvalue weighted by Gasteiger charge is -2.25. The Labute approximate surface area is 104 Å². The second kappa shape index (κ2) is 4.81. The summed E-state index contributed by atoms with van der Waals surface area (Å²) in [7, 11) is -3.33. The molecular weight excluding hydrogens is 292 g/mol. The van der Waals surface area contributed by atoms with E-state index in [2.05, 4.69) is 20.9 Å². The highest BCUT2D eigenvalue weighted by atomic mass is 79.9. The van der Waals surface area contributed by atoms with Gasteiger partial charge in [-0.1, -0.05) is 6.42 Å². The van der Waals surface area contributed by atoms with E-state index in [0.717, 1.165) is 19.3 Å². The standard InChI is InChI=1S/C10H13BrN2O2S/c11-10-5-4-9(8-12-10)16(14,15)13-6-2-1-3-7-13/h4-5,8H,1-3,6-7H2. The van der Waals surface area contributed by atoms with Gasteiger partial charge in [0.15, 0.2) is 0 Å². The van der Waals surface area contributed by atoms with Crippen LogP contribution in [0.2, 0.25) is 0 Å². The van der Waals surface area contributed by atoms with Gasteiger partial charge in [-0.05, 0) is 40.9 Å². The SMILES string of the molecule is O=S(=O)(c1ccc(Br)nc1)N1CCCCC1. The van der Waals surface area contributed by atoms with Crippen molar-refractivity contribution in [3.8, 4) is 0 Å². The summed E-state index contributed by atoms with van der Waals surface area (Å²) >= 11 is 3.19. The summed E-state index contributed by atoms with van der Waals surface area (Å²) in [6.07, 6.45) is 4.41. The van der Waals surface area contributed by atoms with Crippen molar-refractivity contribution in [3.05, 3.63) is 22.9 Å². The van der Waals surface area contributed by atoms with Crippen LogP contribution in [0.15, 0.2) is 27.8 Å². The molecule has 1 aliphatic heterocycles. The number of piperidine rings is 1. The van der Waals surface area contributed by atoms with Gasteiger partial charge in [0, 0.05) is 19.3 Å². The Bertz CT molecular complexity index is 452. The van der Waals surface area contributed by atoms with Gasteiger partial charge in [0.25, 0.3) is 0 Å². The molecule has 2 heterocycles. The number of halogens is 1. The van der Waals surface area contributed by atoms with Gasteiger partial charge in [-0.15, -0.1) is 0 Å². The fourth-order valence-electron chi connectivity index (χ4n) is 1.77. The van der Waals surface area contributed by atoms with Gasteiger partial charge < -0.3 is 0 Å². The van der Waals surface area contributed by atoms with E-state index >= 15 is 0 Å². The summed E-state index contributed by atoms with van der Waals surface area (Å²) in [5, 5.41) is 0. The van der Waals surface area contributed by atoms with Crippen molar-refractivity contribution in [1.82, 2.24) is 9.29 Å². The molecular formula is C10H13BrN2O2S. The molecule has 0 N–H and O–H groups in total. The summed E-state index contributed by atoms with van der Waals surface area (Å²) in [5.74, 6) is 0. The van der Waals surface area contributed by atoms with Crippen LogP contribution in [0.4, 0.5) is 0 Å². The van der Waals surface area contributed by atoms with Crippen LogP contribution in [0.3, 0.4) is 0 Å². The van der Waals surface area contributed by atoms with E-state index in [9.17, 15) is 8.42 Å². The van der Waals surface area contributed by atoms with Crippen LogP contribution < -0.4 is 0 Å². The third kappa shape index (κ3) is 2.44. The summed E-state index contributed by atoms with van der Waals surface area (Å²) in [5.41, 5.74) is 0. The number of rotatable bonds is 2. The Morgan fingerprint density at radius 3 is 2.44 bits per heavy atom. The van der Waals surface area contributed by atoms with Gasteiger partial charge in [-0.25, -0.2) is 13.4 Å². The molecule has 2 rings (SSSR count). The minimum Gasteiger partial charge on any atom is -0.248 e. The van der Waals surface area contributed by atoms with E-state index < -0.39 is 10.0 Å². The average Bonchev–Trinajstić information content (AvgIpc) is 2.31. The Morgan fingerprint density at radius 2 is 1.88 bits per heavy atom. The smallest absolute Gasteiger partial charge is 0.244 e. The zero-order valence-corrected chi connectivity index (χ0v) is 11.2. The molecule has 0 spiro atoms. The minimum absolute atomic E-state index is 0.276. The van der Waals surface area contributed by atoms with E-state index in [1.54, 1.807) is 16.4 Å². The van der Waals surface area contributed by atoms with Crippen molar-refractivity contribution in [2.75, 3.05) is 13.1 Å². The van der Waals surface area contributed by atoms with Crippen molar-refractivity contribution in [2.24, 2.45) is 0 Å². The fraction of sp³-hybridized carbons (Fsp3) is 0.500. The van der Waals surface area contributed by atoms with Crippen LogP contribution in [-0.2, 0) is 10.0 Å². The average molecular weight is 305 g/mol. The minimum atomic E-state index is -3.33. The lowest BCUT2D eigenvalue weighted by molar-refractivity contribution is 0.346. The topological polar surface area (TPSA) is 50.3 Å². The van der Waals surface area contributed by atoms with Gasteiger partial charge in [0.1, 0.15) is 9.50 Å². The molecule has 0 bridgehead atoms. The number of nitrogens with zero attached hydrogens (tertiary/aromatic N) is 2. The fourth-order valence-corrected chi connectivity index (χ4v) is 3.47. The first-order valence-corrected chi connectivity index (χ1v) is 7.46. The highest BCUT2D eigenvalue weighted by Crippen LogP contribution is 2.20. The molecule has 6 heteroatoms. The number of sulfonamides is 1. The van der Waals surface area contributed by atoms with Crippen molar-refractivity contribution < 1.29 is 8.42 Å². The van der Waals surface area contributed by atoms with Crippen LogP contribution in [0.5, 0.6) is 0 Å². The van der Waals surface area contributed by atoms with Crippen LogP contribution in [0.25, 0.3) is 0 Å². The van der Waals surface area contributed by atoms with E-state index in [1.165, 1.54) is 6.20 Å². The molecule has 0 atom stereocenters. The summed E-state index contributed by atoms with van der Waals surface area (Å²) < 4.78 is 26.5. The van der Waals surface area contributed by atoms with Crippen molar-refractivity contribution in [1.29, 1.82) is 0 Å². The normalized spacial score (nSPS) is 18.6. The lowest BCUT2D eigenvalue weighted by atomic mass is 10.2. The van der Waals surface area contributed by atoms with Crippen molar-refractivity contribution >= 4 is 26.0 Å². The molecule has 1 saturated heterocycles. The molecule has 0 amide bonds. The van der Waals surface area contributed by atoms with Gasteiger partial charge in [-0.3, -0.25) is 0 Å². The number of aromatic nitrogens is 1. The zero-order valence-electron chi connectivity index (χ0n) is 8.76. The Kier molecular flexibility index (Phi) is 3.61. The molecule has 0 saturated carbocycles. The van der Waals surface area contributed by atoms with E-state index in [1.807, 2.05) is 0 Å². The summed E-state index contributed by atoms with van der Waals surface area (Å²) in [4.78, 5) is 4.23. The Morgan fingerprint density at radius 1 is 1.19 bits per heavy atom. The lowest BCUT2D eigenvalue weighted by Crippen LogP contribution is -2.35. The number of hydrogen-bond donors (Lipinski definition) is 0. The maximum atomic E-state index is 12.2. The zero-order chi connectivity index (χ0) is 11.6. The maximum Gasteiger partial charge on any atom is 0.244 e. The highest BCUT2D eigenvalue weighted by Gasteiger charge is 2.25. The van der Waals surface area contributed by atoms with Crippen LogP contribution in [0.1, 0.15) is 19.3 Å². The molecule has 0 unspecified atom stereocenters. The summed E-state index contributed by atoms with van der Waals surface area (Å²) in [6, 6.07) is 3.23. The maximum absolute atomic E-state index is 12.2. The monoisotopic (exact) mass is 304 g/mol. The van der Waals surface area contributed by atoms with Gasteiger partial charge >= 0.3 is 0 Å². The van der Waals surface area contributed by atoms with Crippen molar-refractivity contribution in [2.45, 2.75) is 24.2 Å². The molecule has 1 aromatic rings. The number of hydrogen-bond acceptors (Lipinski definition) is 3. The third-order valence-electron chi connectivity index (χ3n) is 2.65. The second-order valence-electron chi connectivity index (χ2n) is 3.78. The molecule has 88 valence electrons. The van der Waals surface area contributed by atoms with E-state index in [0.29, 0.717) is 17.7 Å². The largest absolute Gasteiger partial charge is 0.248 e. The third-order valence-corrected chi connectivity index (χ3v) is 5.00. The predicted octanol–water partition coefficient (Wildman–Crippen LogP) is 2.02. The highest BCUT2D eigenvalue weighted by molar-refractivity contribution is 9.10. The Balaban J connectivity index is 2.27. The Hall–Kier alpha value is -0.460. The van der Waals surface area contributed by atoms with Gasteiger partial charge in [0.2, 0.25) is 10.0 Å². The first-order chi connectivity index (χ1) is 7.60. The van der Waals surface area contributed by atoms with Crippen LogP contribution in [0, 0.1) is 0 Å². The molecule has 0 aromatic carbocycles. The van der Waals surface area contributed by atoms with Gasteiger partial charge in [-0.2, -0.15) is 4.31 Å². The molecule has 0 aliphatic carbocycles. The molecule has 16 heavy (non-hydrogen) atoms. The molecule has 0 radical (unpaired) electrons. The molecule has 1 aromatic heterocycles. The first-order valence-electron chi connectivity index (χ1n) is 5.22. The van der Waals surface area contributed by atoms with E-state index in [4.69, 9.17) is 0 Å².